The Hall–Kier alpha value is -3.37. The molecule has 5 heterocycles. The molecule has 1 amide bonds. The number of piperazine rings is 2. The molecule has 6 rings (SSSR count). The summed E-state index contributed by atoms with van der Waals surface area (Å²) in [4.78, 5) is 30.7. The van der Waals surface area contributed by atoms with E-state index >= 15 is 0 Å². The van der Waals surface area contributed by atoms with Crippen LogP contribution in [0.5, 0.6) is 0 Å². The molecular weight excluding hydrogens is 456 g/mol. The zero-order chi connectivity index (χ0) is 24.3. The van der Waals surface area contributed by atoms with Crippen LogP contribution in [-0.2, 0) is 4.74 Å². The standard InChI is InChI=1S/C26H32N8O2/c35-26(23-18-27-21-5-1-2-6-22(21)28-23)34-15-13-33(14-16-34)25-8-7-24(29-30-25)32-11-9-31(10-12-32)19-20-4-3-17-36-20/h1-2,5-8,18,20H,3-4,9-17,19H2. The molecule has 2 aromatic heterocycles. The molecule has 3 saturated heterocycles. The molecule has 36 heavy (non-hydrogen) atoms. The summed E-state index contributed by atoms with van der Waals surface area (Å²) in [6.07, 6.45) is 4.36. The van der Waals surface area contributed by atoms with Crippen LogP contribution in [-0.4, -0.2) is 107 Å². The molecule has 0 radical (unpaired) electrons. The number of fused-ring (bicyclic) bond motifs is 1. The third kappa shape index (κ3) is 4.96. The summed E-state index contributed by atoms with van der Waals surface area (Å²) < 4.78 is 5.79. The summed E-state index contributed by atoms with van der Waals surface area (Å²) in [5.41, 5.74) is 1.92. The fraction of sp³-hybridized carbons (Fsp3) is 0.500. The zero-order valence-corrected chi connectivity index (χ0v) is 20.5. The molecule has 1 unspecified atom stereocenters. The fourth-order valence-electron chi connectivity index (χ4n) is 5.25. The lowest BCUT2D eigenvalue weighted by Gasteiger charge is -2.37. The van der Waals surface area contributed by atoms with Crippen LogP contribution in [0.1, 0.15) is 23.3 Å². The predicted octanol–water partition coefficient (Wildman–Crippen LogP) is 1.68. The third-order valence-electron chi connectivity index (χ3n) is 7.38. The average molecular weight is 489 g/mol. The van der Waals surface area contributed by atoms with Gasteiger partial charge in [-0.3, -0.25) is 14.7 Å². The number of amides is 1. The molecule has 1 atom stereocenters. The van der Waals surface area contributed by atoms with Gasteiger partial charge in [-0.05, 0) is 37.1 Å². The monoisotopic (exact) mass is 488 g/mol. The molecule has 3 aromatic rings. The van der Waals surface area contributed by atoms with Crippen molar-refractivity contribution in [2.45, 2.75) is 18.9 Å². The van der Waals surface area contributed by atoms with Crippen LogP contribution in [0, 0.1) is 0 Å². The molecule has 3 aliphatic heterocycles. The minimum Gasteiger partial charge on any atom is -0.377 e. The summed E-state index contributed by atoms with van der Waals surface area (Å²) in [7, 11) is 0. The Labute approximate surface area is 210 Å². The van der Waals surface area contributed by atoms with Crippen molar-refractivity contribution >= 4 is 28.6 Å². The van der Waals surface area contributed by atoms with E-state index in [1.807, 2.05) is 35.2 Å². The summed E-state index contributed by atoms with van der Waals surface area (Å²) >= 11 is 0. The summed E-state index contributed by atoms with van der Waals surface area (Å²) in [6.45, 7) is 8.58. The fourth-order valence-corrected chi connectivity index (χ4v) is 5.25. The Morgan fingerprint density at radius 1 is 0.861 bits per heavy atom. The lowest BCUT2D eigenvalue weighted by molar-refractivity contribution is 0.0712. The number of benzene rings is 1. The van der Waals surface area contributed by atoms with Gasteiger partial charge in [-0.1, -0.05) is 12.1 Å². The summed E-state index contributed by atoms with van der Waals surface area (Å²) in [5, 5.41) is 9.05. The maximum Gasteiger partial charge on any atom is 0.274 e. The van der Waals surface area contributed by atoms with Crippen LogP contribution in [0.4, 0.5) is 11.6 Å². The van der Waals surface area contributed by atoms with Gasteiger partial charge in [0.15, 0.2) is 11.6 Å². The quantitative estimate of drug-likeness (QED) is 0.532. The normalized spacial score (nSPS) is 21.3. The second-order valence-electron chi connectivity index (χ2n) is 9.70. The lowest BCUT2D eigenvalue weighted by atomic mass is 10.2. The highest BCUT2D eigenvalue weighted by molar-refractivity contribution is 5.94. The minimum absolute atomic E-state index is 0.0760. The highest BCUT2D eigenvalue weighted by Gasteiger charge is 2.26. The van der Waals surface area contributed by atoms with E-state index in [1.54, 1.807) is 6.20 Å². The smallest absolute Gasteiger partial charge is 0.274 e. The highest BCUT2D eigenvalue weighted by Crippen LogP contribution is 2.20. The number of para-hydroxylation sites is 2. The first-order valence-corrected chi connectivity index (χ1v) is 12.9. The largest absolute Gasteiger partial charge is 0.377 e. The van der Waals surface area contributed by atoms with Crippen molar-refractivity contribution in [1.29, 1.82) is 0 Å². The average Bonchev–Trinajstić information content (AvgIpc) is 3.46. The number of rotatable bonds is 5. The maximum absolute atomic E-state index is 13.0. The van der Waals surface area contributed by atoms with Crippen molar-refractivity contribution in [2.24, 2.45) is 0 Å². The second-order valence-corrected chi connectivity index (χ2v) is 9.70. The van der Waals surface area contributed by atoms with Gasteiger partial charge in [0.2, 0.25) is 0 Å². The maximum atomic E-state index is 13.0. The Balaban J connectivity index is 1.01. The number of nitrogens with zero attached hydrogens (tertiary/aromatic N) is 8. The molecule has 0 saturated carbocycles. The number of carbonyl (C=O) groups is 1. The Morgan fingerprint density at radius 3 is 2.17 bits per heavy atom. The lowest BCUT2D eigenvalue weighted by Crippen LogP contribution is -2.49. The van der Waals surface area contributed by atoms with Gasteiger partial charge in [0.05, 0.1) is 23.3 Å². The molecule has 1 aromatic carbocycles. The number of hydrogen-bond donors (Lipinski definition) is 0. The molecular formula is C26H32N8O2. The molecule has 0 spiro atoms. The van der Waals surface area contributed by atoms with Crippen molar-refractivity contribution in [3.05, 3.63) is 48.3 Å². The topological polar surface area (TPSA) is 90.8 Å². The number of carbonyl (C=O) groups excluding carboxylic acids is 1. The van der Waals surface area contributed by atoms with Crippen molar-refractivity contribution in [3.8, 4) is 0 Å². The molecule has 0 bridgehead atoms. The van der Waals surface area contributed by atoms with Crippen LogP contribution < -0.4 is 9.80 Å². The van der Waals surface area contributed by atoms with Crippen LogP contribution in [0.25, 0.3) is 11.0 Å². The third-order valence-corrected chi connectivity index (χ3v) is 7.38. The van der Waals surface area contributed by atoms with Gasteiger partial charge >= 0.3 is 0 Å². The molecule has 188 valence electrons. The number of anilines is 2. The van der Waals surface area contributed by atoms with Crippen LogP contribution >= 0.6 is 0 Å². The second kappa shape index (κ2) is 10.3. The minimum atomic E-state index is -0.0760. The van der Waals surface area contributed by atoms with Gasteiger partial charge in [0, 0.05) is 65.5 Å². The van der Waals surface area contributed by atoms with Crippen LogP contribution in [0.3, 0.4) is 0 Å². The molecule has 3 aliphatic rings. The predicted molar refractivity (Wildman–Crippen MR) is 137 cm³/mol. The number of ether oxygens (including phenoxy) is 1. The van der Waals surface area contributed by atoms with Gasteiger partial charge in [-0.15, -0.1) is 10.2 Å². The van der Waals surface area contributed by atoms with Crippen molar-refractivity contribution in [2.75, 3.05) is 75.3 Å². The van der Waals surface area contributed by atoms with E-state index in [0.29, 0.717) is 38.0 Å². The van der Waals surface area contributed by atoms with E-state index in [4.69, 9.17) is 4.74 Å². The molecule has 10 heteroatoms. The van der Waals surface area contributed by atoms with E-state index in [9.17, 15) is 4.79 Å². The SMILES string of the molecule is O=C(c1cnc2ccccc2n1)N1CCN(c2ccc(N3CCN(CC4CCCO4)CC3)nn2)CC1. The first-order valence-electron chi connectivity index (χ1n) is 12.9. The van der Waals surface area contributed by atoms with E-state index in [1.165, 1.54) is 12.8 Å². The Bertz CT molecular complexity index is 1180. The van der Waals surface area contributed by atoms with E-state index < -0.39 is 0 Å². The van der Waals surface area contributed by atoms with Gasteiger partial charge in [0.25, 0.3) is 5.91 Å². The first kappa shape index (κ1) is 23.1. The number of hydrogen-bond acceptors (Lipinski definition) is 9. The van der Waals surface area contributed by atoms with Crippen molar-refractivity contribution in [1.82, 2.24) is 30.0 Å². The van der Waals surface area contributed by atoms with Crippen molar-refractivity contribution < 1.29 is 9.53 Å². The molecule has 0 aliphatic carbocycles. The highest BCUT2D eigenvalue weighted by atomic mass is 16.5. The van der Waals surface area contributed by atoms with Gasteiger partial charge in [-0.25, -0.2) is 4.98 Å². The Kier molecular flexibility index (Phi) is 6.61. The van der Waals surface area contributed by atoms with Crippen molar-refractivity contribution in [3.63, 3.8) is 0 Å². The van der Waals surface area contributed by atoms with Gasteiger partial charge < -0.3 is 19.4 Å². The van der Waals surface area contributed by atoms with E-state index in [0.717, 1.165) is 62.0 Å². The van der Waals surface area contributed by atoms with Gasteiger partial charge in [0.1, 0.15) is 5.69 Å². The molecule has 3 fully saturated rings. The van der Waals surface area contributed by atoms with E-state index in [2.05, 4.69) is 40.9 Å². The van der Waals surface area contributed by atoms with Gasteiger partial charge in [-0.2, -0.15) is 0 Å². The van der Waals surface area contributed by atoms with E-state index in [-0.39, 0.29) is 5.91 Å². The summed E-state index contributed by atoms with van der Waals surface area (Å²) in [5.74, 6) is 1.71. The molecule has 10 nitrogen and oxygen atoms in total. The van der Waals surface area contributed by atoms with Crippen LogP contribution in [0.15, 0.2) is 42.6 Å². The molecule has 0 N–H and O–H groups in total. The summed E-state index contributed by atoms with van der Waals surface area (Å²) in [6, 6.07) is 11.7. The first-order chi connectivity index (χ1) is 17.7. The number of aromatic nitrogens is 4. The van der Waals surface area contributed by atoms with Crippen LogP contribution in [0.2, 0.25) is 0 Å². The zero-order valence-electron chi connectivity index (χ0n) is 20.5. The Morgan fingerprint density at radius 2 is 1.53 bits per heavy atom.